The average Bonchev–Trinajstić information content (AvgIpc) is 3.23. The summed E-state index contributed by atoms with van der Waals surface area (Å²) in [6.45, 7) is 5.07. The molecular formula is C29H33ClN10OS. The highest BCUT2D eigenvalue weighted by Gasteiger charge is 2.50. The normalized spacial score (nSPS) is 22.4. The highest BCUT2D eigenvalue weighted by molar-refractivity contribution is 7.99. The van der Waals surface area contributed by atoms with Crippen molar-refractivity contribution in [2.24, 2.45) is 23.0 Å². The summed E-state index contributed by atoms with van der Waals surface area (Å²) in [4.78, 5) is 40.2. The Balaban J connectivity index is 1.08. The molecule has 6 rings (SSSR count). The minimum Gasteiger partial charge on any atom is -0.355 e. The van der Waals surface area contributed by atoms with E-state index in [2.05, 4.69) is 46.1 Å². The van der Waals surface area contributed by atoms with Crippen molar-refractivity contribution in [3.8, 4) is 6.07 Å². The number of rotatable bonds is 6. The van der Waals surface area contributed by atoms with Crippen molar-refractivity contribution in [2.45, 2.75) is 55.0 Å². The molecule has 0 bridgehead atoms. The summed E-state index contributed by atoms with van der Waals surface area (Å²) in [6, 6.07) is 5.90. The van der Waals surface area contributed by atoms with Crippen LogP contribution in [0.15, 0.2) is 46.8 Å². The van der Waals surface area contributed by atoms with Gasteiger partial charge in [-0.3, -0.25) is 4.79 Å². The topological polar surface area (TPSA) is 150 Å². The quantitative estimate of drug-likeness (QED) is 0.408. The molecule has 3 aromatic rings. The molecule has 0 amide bonds. The largest absolute Gasteiger partial charge is 0.355 e. The fourth-order valence-corrected chi connectivity index (χ4v) is 7.20. The lowest BCUT2D eigenvalue weighted by molar-refractivity contribution is -0.120. The predicted octanol–water partition coefficient (Wildman–Crippen LogP) is 4.47. The first-order chi connectivity index (χ1) is 20.3. The maximum absolute atomic E-state index is 12.3. The summed E-state index contributed by atoms with van der Waals surface area (Å²) in [7, 11) is 0. The highest BCUT2D eigenvalue weighted by atomic mass is 35.5. The van der Waals surface area contributed by atoms with Crippen LogP contribution >= 0.6 is 23.4 Å². The molecule has 3 N–H and O–H groups in total. The summed E-state index contributed by atoms with van der Waals surface area (Å²) < 4.78 is 0. The number of hydrogen-bond acceptors (Lipinski definition) is 12. The lowest BCUT2D eigenvalue weighted by Gasteiger charge is -2.42. The van der Waals surface area contributed by atoms with Gasteiger partial charge in [0.05, 0.1) is 23.5 Å². The third-order valence-corrected chi connectivity index (χ3v) is 10.4. The van der Waals surface area contributed by atoms with Crippen LogP contribution in [0.1, 0.15) is 39.0 Å². The summed E-state index contributed by atoms with van der Waals surface area (Å²) in [6.07, 6.45) is 10.9. The molecule has 3 aliphatic rings. The Morgan fingerprint density at radius 3 is 2.50 bits per heavy atom. The zero-order chi connectivity index (χ0) is 29.3. The molecule has 5 heterocycles. The number of hydrogen-bond donors (Lipinski definition) is 2. The molecule has 1 saturated carbocycles. The molecule has 42 heavy (non-hydrogen) atoms. The van der Waals surface area contributed by atoms with Crippen molar-refractivity contribution in [1.82, 2.24) is 24.9 Å². The molecule has 218 valence electrons. The second-order valence-corrected chi connectivity index (χ2v) is 12.8. The van der Waals surface area contributed by atoms with Crippen LogP contribution in [0, 0.1) is 28.6 Å². The van der Waals surface area contributed by atoms with Gasteiger partial charge in [0.2, 0.25) is 5.95 Å². The van der Waals surface area contributed by atoms with Crippen molar-refractivity contribution in [2.75, 3.05) is 41.3 Å². The van der Waals surface area contributed by atoms with E-state index in [-0.39, 0.29) is 23.3 Å². The van der Waals surface area contributed by atoms with Gasteiger partial charge in [-0.15, -0.1) is 0 Å². The van der Waals surface area contributed by atoms with Gasteiger partial charge in [0.1, 0.15) is 22.4 Å². The average molecular weight is 605 g/mol. The molecular weight excluding hydrogens is 572 g/mol. The molecule has 13 heteroatoms. The lowest BCUT2D eigenvalue weighted by Crippen LogP contribution is -2.48. The fraction of sp³-hybridized carbons (Fsp3) is 0.483. The molecule has 0 aromatic carbocycles. The van der Waals surface area contributed by atoms with Crippen LogP contribution < -0.4 is 20.9 Å². The van der Waals surface area contributed by atoms with Crippen LogP contribution in [0.5, 0.6) is 0 Å². The standard InChI is InChI=1S/C29H33ClN10OS/c1-18-20(41)14-29(26(18)32)6-12-39(13-7-29)23-16-36-24(17-35-23)42-21-2-8-33-27(25(21)30)37-22-3-9-34-28(38-22)40-10-4-19(15-31)5-11-40/h2-3,8-9,16-19,26H,4-7,10-14,32H2,1H3,(H,33,34,37,38)/t18-,26+/m1/s1. The summed E-state index contributed by atoms with van der Waals surface area (Å²) in [5.74, 6) is 2.84. The summed E-state index contributed by atoms with van der Waals surface area (Å²) in [5.41, 5.74) is 6.38. The van der Waals surface area contributed by atoms with Gasteiger partial charge in [-0.1, -0.05) is 30.3 Å². The molecule has 1 aliphatic carbocycles. The van der Waals surface area contributed by atoms with Crippen LogP contribution in [-0.2, 0) is 4.79 Å². The number of halogens is 1. The van der Waals surface area contributed by atoms with Crippen LogP contribution in [0.2, 0.25) is 5.02 Å². The second kappa shape index (κ2) is 12.0. The molecule has 2 saturated heterocycles. The third kappa shape index (κ3) is 5.73. The number of nitrogens with zero attached hydrogens (tertiary/aromatic N) is 8. The van der Waals surface area contributed by atoms with Crippen molar-refractivity contribution < 1.29 is 4.79 Å². The maximum atomic E-state index is 12.3. The molecule has 3 aromatic heterocycles. The number of ketones is 1. The smallest absolute Gasteiger partial charge is 0.227 e. The molecule has 2 atom stereocenters. The van der Waals surface area contributed by atoms with Crippen molar-refractivity contribution in [3.05, 3.63) is 41.9 Å². The van der Waals surface area contributed by atoms with Crippen molar-refractivity contribution in [3.63, 3.8) is 0 Å². The first-order valence-corrected chi connectivity index (χ1v) is 15.5. The Morgan fingerprint density at radius 1 is 1.07 bits per heavy atom. The van der Waals surface area contributed by atoms with Gasteiger partial charge in [-0.25, -0.2) is 19.9 Å². The van der Waals surface area contributed by atoms with Gasteiger partial charge >= 0.3 is 0 Å². The number of Topliss-reactive ketones (excluding diaryl/α,β-unsaturated/α-hetero) is 1. The highest BCUT2D eigenvalue weighted by Crippen LogP contribution is 2.46. The maximum Gasteiger partial charge on any atom is 0.227 e. The van der Waals surface area contributed by atoms with E-state index in [0.717, 1.165) is 62.6 Å². The van der Waals surface area contributed by atoms with E-state index in [9.17, 15) is 4.79 Å². The first-order valence-electron chi connectivity index (χ1n) is 14.3. The van der Waals surface area contributed by atoms with E-state index in [4.69, 9.17) is 22.6 Å². The van der Waals surface area contributed by atoms with E-state index in [0.29, 0.717) is 39.8 Å². The number of anilines is 4. The predicted molar refractivity (Wildman–Crippen MR) is 162 cm³/mol. The fourth-order valence-electron chi connectivity index (χ4n) is 6.18. The van der Waals surface area contributed by atoms with Crippen molar-refractivity contribution >= 4 is 52.5 Å². The van der Waals surface area contributed by atoms with Gasteiger partial charge in [0, 0.05) is 67.8 Å². The minimum atomic E-state index is -0.0807. The molecule has 0 radical (unpaired) electrons. The number of carbonyl (C=O) groups excluding carboxylic acids is 1. The van der Waals surface area contributed by atoms with E-state index in [1.807, 2.05) is 13.0 Å². The van der Waals surface area contributed by atoms with E-state index in [1.165, 1.54) is 11.8 Å². The number of piperidine rings is 2. The lowest BCUT2D eigenvalue weighted by atomic mass is 9.73. The Hall–Kier alpha value is -3.53. The Bertz CT molecular complexity index is 1480. The number of pyridine rings is 1. The molecule has 0 unspecified atom stereocenters. The Morgan fingerprint density at radius 2 is 1.83 bits per heavy atom. The van der Waals surface area contributed by atoms with Gasteiger partial charge in [0.25, 0.3) is 0 Å². The van der Waals surface area contributed by atoms with Crippen LogP contribution in [0.25, 0.3) is 0 Å². The van der Waals surface area contributed by atoms with Crippen LogP contribution in [-0.4, -0.2) is 62.9 Å². The SMILES string of the molecule is C[C@@H]1C(=O)CC2(CCN(c3cnc(Sc4ccnc(Nc5ccnc(N6CCC(C#N)CC6)n5)c4Cl)cn3)CC2)[C@H]1N. The van der Waals surface area contributed by atoms with E-state index < -0.39 is 0 Å². The third-order valence-electron chi connectivity index (χ3n) is 8.90. The number of carbonyl (C=O) groups is 1. The van der Waals surface area contributed by atoms with Gasteiger partial charge in [-0.2, -0.15) is 10.2 Å². The van der Waals surface area contributed by atoms with Gasteiger partial charge < -0.3 is 20.9 Å². The summed E-state index contributed by atoms with van der Waals surface area (Å²) >= 11 is 8.17. The summed E-state index contributed by atoms with van der Waals surface area (Å²) in [5, 5.41) is 13.6. The van der Waals surface area contributed by atoms with Crippen LogP contribution in [0.4, 0.5) is 23.4 Å². The monoisotopic (exact) mass is 604 g/mol. The number of nitrogens with two attached hydrogens (primary N) is 1. The number of aromatic nitrogens is 5. The Kier molecular flexibility index (Phi) is 8.16. The molecule has 3 fully saturated rings. The first kappa shape index (κ1) is 28.6. The molecule has 1 spiro atoms. The van der Waals surface area contributed by atoms with Gasteiger partial charge in [-0.05, 0) is 43.2 Å². The zero-order valence-electron chi connectivity index (χ0n) is 23.4. The number of nitriles is 1. The number of nitrogens with one attached hydrogen (secondary N) is 1. The van der Waals surface area contributed by atoms with Crippen molar-refractivity contribution in [1.29, 1.82) is 5.26 Å². The second-order valence-electron chi connectivity index (χ2n) is 11.4. The van der Waals surface area contributed by atoms with Crippen LogP contribution in [0.3, 0.4) is 0 Å². The van der Waals surface area contributed by atoms with E-state index >= 15 is 0 Å². The van der Waals surface area contributed by atoms with E-state index in [1.54, 1.807) is 30.9 Å². The Labute approximate surface area is 254 Å². The molecule has 11 nitrogen and oxygen atoms in total. The minimum absolute atomic E-state index is 0.0550. The zero-order valence-corrected chi connectivity index (χ0v) is 25.0. The van der Waals surface area contributed by atoms with Gasteiger partial charge in [0.15, 0.2) is 5.82 Å². The molecule has 2 aliphatic heterocycles.